The Balaban J connectivity index is 1.58. The van der Waals surface area contributed by atoms with Crippen molar-refractivity contribution in [3.05, 3.63) is 75.9 Å². The molecule has 138 valence electrons. The van der Waals surface area contributed by atoms with Crippen LogP contribution in [0, 0.1) is 0 Å². The first-order chi connectivity index (χ1) is 13.0. The minimum atomic E-state index is 0.0409. The quantitative estimate of drug-likeness (QED) is 0.618. The molecular formula is C22H21ClN2O2. The highest BCUT2D eigenvalue weighted by Gasteiger charge is 2.28. The first kappa shape index (κ1) is 17.8. The van der Waals surface area contributed by atoms with Crippen molar-refractivity contribution in [1.29, 1.82) is 0 Å². The first-order valence-electron chi connectivity index (χ1n) is 9.15. The molecule has 1 aliphatic heterocycles. The summed E-state index contributed by atoms with van der Waals surface area (Å²) < 4.78 is 5.59. The van der Waals surface area contributed by atoms with Gasteiger partial charge in [0, 0.05) is 34.7 Å². The van der Waals surface area contributed by atoms with Gasteiger partial charge in [-0.3, -0.25) is 4.79 Å². The molecule has 0 spiro atoms. The molecule has 0 atom stereocenters. The number of halogens is 1. The van der Waals surface area contributed by atoms with Gasteiger partial charge in [0.15, 0.2) is 5.76 Å². The lowest BCUT2D eigenvalue weighted by atomic mass is 9.99. The molecule has 0 saturated heterocycles. The zero-order valence-electron chi connectivity index (χ0n) is 15.4. The summed E-state index contributed by atoms with van der Waals surface area (Å²) in [4.78, 5) is 14.8. The van der Waals surface area contributed by atoms with Crippen molar-refractivity contribution in [3.63, 3.8) is 0 Å². The number of rotatable bonds is 3. The predicted molar refractivity (Wildman–Crippen MR) is 106 cm³/mol. The molecule has 0 bridgehead atoms. The highest BCUT2D eigenvalue weighted by Crippen LogP contribution is 2.31. The molecule has 5 heteroatoms. The van der Waals surface area contributed by atoms with E-state index >= 15 is 0 Å². The molecule has 0 N–H and O–H groups in total. The molecule has 1 amide bonds. The molecule has 0 radical (unpaired) electrons. The maximum absolute atomic E-state index is 13.0. The first-order valence-corrected chi connectivity index (χ1v) is 9.53. The molecule has 2 heterocycles. The maximum Gasteiger partial charge on any atom is 0.254 e. The summed E-state index contributed by atoms with van der Waals surface area (Å²) >= 11 is 5.98. The number of carbonyl (C=O) groups is 1. The number of fused-ring (bicyclic) bond motifs is 1. The molecule has 0 fully saturated rings. The fourth-order valence-corrected chi connectivity index (χ4v) is 3.53. The second-order valence-corrected chi connectivity index (χ2v) is 7.63. The fourth-order valence-electron chi connectivity index (χ4n) is 3.41. The Labute approximate surface area is 163 Å². The van der Waals surface area contributed by atoms with Crippen LogP contribution in [-0.2, 0) is 13.0 Å². The lowest BCUT2D eigenvalue weighted by molar-refractivity contribution is 0.0734. The van der Waals surface area contributed by atoms with Crippen LogP contribution in [-0.4, -0.2) is 22.5 Å². The summed E-state index contributed by atoms with van der Waals surface area (Å²) in [6.07, 6.45) is 0.697. The molecule has 1 aliphatic rings. The van der Waals surface area contributed by atoms with Crippen molar-refractivity contribution in [3.8, 4) is 11.3 Å². The van der Waals surface area contributed by atoms with Crippen molar-refractivity contribution in [2.24, 2.45) is 0 Å². The van der Waals surface area contributed by atoms with Gasteiger partial charge in [-0.1, -0.05) is 42.7 Å². The number of nitrogens with zero attached hydrogens (tertiary/aromatic N) is 2. The third kappa shape index (κ3) is 3.50. The van der Waals surface area contributed by atoms with Crippen LogP contribution < -0.4 is 0 Å². The van der Waals surface area contributed by atoms with Crippen LogP contribution in [0.4, 0.5) is 0 Å². The van der Waals surface area contributed by atoms with Crippen LogP contribution >= 0.6 is 11.6 Å². The van der Waals surface area contributed by atoms with Crippen LogP contribution in [0.25, 0.3) is 11.3 Å². The standard InChI is InChI=1S/C22H21ClN2O2/c1-14(2)15-3-5-17(6-4-15)22(26)25-12-11-20-19(13-25)21(27-24-20)16-7-9-18(23)10-8-16/h3-10,14H,11-13H2,1-2H3. The predicted octanol–water partition coefficient (Wildman–Crippen LogP) is 5.32. The maximum atomic E-state index is 13.0. The summed E-state index contributed by atoms with van der Waals surface area (Å²) in [5.41, 5.74) is 4.78. The molecule has 0 saturated carbocycles. The second kappa shape index (κ2) is 7.20. The molecule has 2 aromatic carbocycles. The minimum absolute atomic E-state index is 0.0409. The molecule has 27 heavy (non-hydrogen) atoms. The Morgan fingerprint density at radius 1 is 1.11 bits per heavy atom. The third-order valence-corrected chi connectivity index (χ3v) is 5.31. The van der Waals surface area contributed by atoms with Gasteiger partial charge in [0.25, 0.3) is 5.91 Å². The van der Waals surface area contributed by atoms with Crippen molar-refractivity contribution in [2.45, 2.75) is 32.7 Å². The normalized spacial score (nSPS) is 13.7. The Morgan fingerprint density at radius 2 is 1.81 bits per heavy atom. The third-order valence-electron chi connectivity index (χ3n) is 5.05. The van der Waals surface area contributed by atoms with E-state index in [4.69, 9.17) is 16.1 Å². The monoisotopic (exact) mass is 380 g/mol. The number of hydrogen-bond acceptors (Lipinski definition) is 3. The number of hydrogen-bond donors (Lipinski definition) is 0. The summed E-state index contributed by atoms with van der Waals surface area (Å²) in [5.74, 6) is 1.21. The minimum Gasteiger partial charge on any atom is -0.356 e. The largest absolute Gasteiger partial charge is 0.356 e. The molecule has 1 aromatic heterocycles. The number of aromatic nitrogens is 1. The van der Waals surface area contributed by atoms with Crippen LogP contribution in [0.15, 0.2) is 53.1 Å². The van der Waals surface area contributed by atoms with Gasteiger partial charge in [0.05, 0.1) is 12.2 Å². The Bertz CT molecular complexity index is 959. The van der Waals surface area contributed by atoms with E-state index in [9.17, 15) is 4.79 Å². The van der Waals surface area contributed by atoms with E-state index in [0.717, 1.165) is 16.8 Å². The second-order valence-electron chi connectivity index (χ2n) is 7.20. The van der Waals surface area contributed by atoms with E-state index in [2.05, 4.69) is 19.0 Å². The highest BCUT2D eigenvalue weighted by atomic mass is 35.5. The SMILES string of the molecule is CC(C)c1ccc(C(=O)N2CCc3noc(-c4ccc(Cl)cc4)c3C2)cc1. The Hall–Kier alpha value is -2.59. The average Bonchev–Trinajstić information content (AvgIpc) is 3.11. The Kier molecular flexibility index (Phi) is 4.75. The summed E-state index contributed by atoms with van der Waals surface area (Å²) in [6, 6.07) is 15.4. The van der Waals surface area contributed by atoms with Gasteiger partial charge in [0.1, 0.15) is 0 Å². The Morgan fingerprint density at radius 3 is 2.48 bits per heavy atom. The highest BCUT2D eigenvalue weighted by molar-refractivity contribution is 6.30. The van der Waals surface area contributed by atoms with Gasteiger partial charge in [-0.2, -0.15) is 0 Å². The lowest BCUT2D eigenvalue weighted by Gasteiger charge is -2.26. The van der Waals surface area contributed by atoms with Crippen molar-refractivity contribution >= 4 is 17.5 Å². The topological polar surface area (TPSA) is 46.3 Å². The van der Waals surface area contributed by atoms with E-state index in [1.54, 1.807) is 0 Å². The van der Waals surface area contributed by atoms with E-state index in [1.165, 1.54) is 5.56 Å². The van der Waals surface area contributed by atoms with Gasteiger partial charge >= 0.3 is 0 Å². The number of benzene rings is 2. The van der Waals surface area contributed by atoms with Crippen molar-refractivity contribution in [1.82, 2.24) is 10.1 Å². The van der Waals surface area contributed by atoms with E-state index in [1.807, 2.05) is 53.4 Å². The smallest absolute Gasteiger partial charge is 0.254 e. The number of carbonyl (C=O) groups excluding carboxylic acids is 1. The van der Waals surface area contributed by atoms with Gasteiger partial charge in [0.2, 0.25) is 0 Å². The van der Waals surface area contributed by atoms with Crippen LogP contribution in [0.2, 0.25) is 5.02 Å². The molecule has 4 nitrogen and oxygen atoms in total. The van der Waals surface area contributed by atoms with Crippen molar-refractivity contribution in [2.75, 3.05) is 6.54 Å². The number of amides is 1. The molecular weight excluding hydrogens is 360 g/mol. The van der Waals surface area contributed by atoms with Gasteiger partial charge in [-0.05, 0) is 47.9 Å². The molecule has 0 unspecified atom stereocenters. The van der Waals surface area contributed by atoms with E-state index < -0.39 is 0 Å². The molecule has 0 aliphatic carbocycles. The van der Waals surface area contributed by atoms with Crippen LogP contribution in [0.1, 0.15) is 46.9 Å². The summed E-state index contributed by atoms with van der Waals surface area (Å²) in [6.45, 7) is 5.44. The van der Waals surface area contributed by atoms with Gasteiger partial charge in [-0.15, -0.1) is 0 Å². The van der Waals surface area contributed by atoms with Crippen molar-refractivity contribution < 1.29 is 9.32 Å². The van der Waals surface area contributed by atoms with Crippen LogP contribution in [0.3, 0.4) is 0 Å². The molecule has 3 aromatic rings. The van der Waals surface area contributed by atoms with Crippen LogP contribution in [0.5, 0.6) is 0 Å². The summed E-state index contributed by atoms with van der Waals surface area (Å²) in [5, 5.41) is 4.88. The van der Waals surface area contributed by atoms with Gasteiger partial charge in [-0.25, -0.2) is 0 Å². The molecule has 4 rings (SSSR count). The zero-order chi connectivity index (χ0) is 19.0. The zero-order valence-corrected chi connectivity index (χ0v) is 16.2. The average molecular weight is 381 g/mol. The fraction of sp³-hybridized carbons (Fsp3) is 0.273. The van der Waals surface area contributed by atoms with E-state index in [-0.39, 0.29) is 5.91 Å². The lowest BCUT2D eigenvalue weighted by Crippen LogP contribution is -2.35. The summed E-state index contributed by atoms with van der Waals surface area (Å²) in [7, 11) is 0. The van der Waals surface area contributed by atoms with E-state index in [0.29, 0.717) is 41.8 Å². The van der Waals surface area contributed by atoms with Gasteiger partial charge < -0.3 is 9.42 Å².